The van der Waals surface area contributed by atoms with E-state index in [1.54, 1.807) is 18.2 Å². The highest BCUT2D eigenvalue weighted by Gasteiger charge is 2.30. The second-order valence-corrected chi connectivity index (χ2v) is 13.3. The second kappa shape index (κ2) is 13.7. The van der Waals surface area contributed by atoms with Gasteiger partial charge in [-0.3, -0.25) is 14.4 Å². The predicted octanol–water partition coefficient (Wildman–Crippen LogP) is 9.13. The molecule has 0 radical (unpaired) electrons. The highest BCUT2D eigenvalue weighted by atomic mass is 35.5. The maximum atomic E-state index is 13.2. The highest BCUT2D eigenvalue weighted by Crippen LogP contribution is 2.39. The van der Waals surface area contributed by atoms with E-state index in [0.717, 1.165) is 18.4 Å². The van der Waals surface area contributed by atoms with E-state index in [4.69, 9.17) is 39.5 Å². The Bertz CT molecular complexity index is 1710. The first-order valence-electron chi connectivity index (χ1n) is 14.5. The predicted molar refractivity (Wildman–Crippen MR) is 179 cm³/mol. The molecule has 1 aliphatic rings. The molecule has 0 saturated heterocycles. The monoisotopic (exact) mass is 668 g/mol. The zero-order chi connectivity index (χ0) is 33.1. The molecule has 1 aliphatic heterocycles. The number of amides is 3. The van der Waals surface area contributed by atoms with Gasteiger partial charge in [0.25, 0.3) is 17.7 Å². The Labute approximate surface area is 278 Å². The van der Waals surface area contributed by atoms with E-state index >= 15 is 0 Å². The Morgan fingerprint density at radius 1 is 0.844 bits per heavy atom. The number of nitrogens with one attached hydrogen (secondary N) is 2. The quantitative estimate of drug-likeness (QED) is 0.212. The number of carbonyl (C=O) groups is 3. The van der Waals surface area contributed by atoms with Gasteiger partial charge in [0.2, 0.25) is 0 Å². The molecule has 0 saturated carbocycles. The van der Waals surface area contributed by atoms with Gasteiger partial charge >= 0.3 is 0 Å². The Kier molecular flexibility index (Phi) is 10.4. The van der Waals surface area contributed by atoms with Crippen molar-refractivity contribution < 1.29 is 19.1 Å². The average molecular weight is 670 g/mol. The SMILES string of the molecule is CCC(C)(C)c1ccc(OCC(=O)Nc2cccc(C(=O)NC3=C(c4c(Cl)cc(Cl)cc4Cl)C(=O)N=N3)c2)c(C(C)(C)CC)c1. The smallest absolute Gasteiger partial charge is 0.300 e. The van der Waals surface area contributed by atoms with Crippen molar-refractivity contribution in [2.45, 2.75) is 65.2 Å². The van der Waals surface area contributed by atoms with E-state index in [1.165, 1.54) is 23.8 Å². The molecule has 0 atom stereocenters. The summed E-state index contributed by atoms with van der Waals surface area (Å²) in [6, 6.07) is 15.3. The summed E-state index contributed by atoms with van der Waals surface area (Å²) in [4.78, 5) is 38.6. The molecule has 0 aromatic heterocycles. The number of anilines is 1. The minimum absolute atomic E-state index is 0.00991. The first-order chi connectivity index (χ1) is 21.2. The summed E-state index contributed by atoms with van der Waals surface area (Å²) in [5.41, 5.74) is 2.80. The summed E-state index contributed by atoms with van der Waals surface area (Å²) < 4.78 is 6.04. The molecule has 3 aromatic rings. The molecular weight excluding hydrogens is 635 g/mol. The van der Waals surface area contributed by atoms with Gasteiger partial charge in [-0.1, -0.05) is 94.5 Å². The van der Waals surface area contributed by atoms with Crippen LogP contribution in [0.3, 0.4) is 0 Å². The normalized spacial score (nSPS) is 13.3. The van der Waals surface area contributed by atoms with Crippen LogP contribution in [-0.2, 0) is 20.4 Å². The van der Waals surface area contributed by atoms with E-state index in [9.17, 15) is 14.4 Å². The fourth-order valence-electron chi connectivity index (χ4n) is 4.65. The van der Waals surface area contributed by atoms with Crippen LogP contribution in [-0.4, -0.2) is 24.3 Å². The zero-order valence-corrected chi connectivity index (χ0v) is 28.2. The molecule has 0 aliphatic carbocycles. The number of nitrogens with zero attached hydrogens (tertiary/aromatic N) is 2. The number of azo groups is 1. The first-order valence-corrected chi connectivity index (χ1v) is 15.6. The minimum Gasteiger partial charge on any atom is -0.483 e. The molecule has 0 bridgehead atoms. The van der Waals surface area contributed by atoms with Crippen LogP contribution in [0.25, 0.3) is 5.57 Å². The van der Waals surface area contributed by atoms with Crippen molar-refractivity contribution in [3.05, 3.63) is 97.7 Å². The van der Waals surface area contributed by atoms with E-state index in [0.29, 0.717) is 11.4 Å². The third-order valence-electron chi connectivity index (χ3n) is 8.21. The molecule has 0 spiro atoms. The lowest BCUT2D eigenvalue weighted by Gasteiger charge is -2.30. The molecule has 3 aromatic carbocycles. The maximum absolute atomic E-state index is 13.2. The van der Waals surface area contributed by atoms with Crippen LogP contribution in [0.15, 0.2) is 70.6 Å². The molecule has 1 heterocycles. The Balaban J connectivity index is 1.48. The Hall–Kier alpha value is -3.72. The third kappa shape index (κ3) is 7.75. The van der Waals surface area contributed by atoms with Crippen LogP contribution >= 0.6 is 34.8 Å². The molecule has 8 nitrogen and oxygen atoms in total. The lowest BCUT2D eigenvalue weighted by molar-refractivity contribution is -0.118. The Morgan fingerprint density at radius 2 is 1.51 bits per heavy atom. The first kappa shape index (κ1) is 34.2. The summed E-state index contributed by atoms with van der Waals surface area (Å²) >= 11 is 18.6. The number of benzene rings is 3. The van der Waals surface area contributed by atoms with Gasteiger partial charge in [-0.05, 0) is 65.6 Å². The van der Waals surface area contributed by atoms with Gasteiger partial charge < -0.3 is 15.4 Å². The van der Waals surface area contributed by atoms with E-state index < -0.39 is 17.7 Å². The fraction of sp³-hybridized carbons (Fsp3) is 0.324. The maximum Gasteiger partial charge on any atom is 0.300 e. The number of hydrogen-bond acceptors (Lipinski definition) is 5. The summed E-state index contributed by atoms with van der Waals surface area (Å²) in [7, 11) is 0. The summed E-state index contributed by atoms with van der Waals surface area (Å²) in [5.74, 6) is -1.15. The van der Waals surface area contributed by atoms with Gasteiger partial charge in [0.15, 0.2) is 12.4 Å². The molecule has 45 heavy (non-hydrogen) atoms. The van der Waals surface area contributed by atoms with E-state index in [2.05, 4.69) is 74.5 Å². The minimum atomic E-state index is -0.716. The van der Waals surface area contributed by atoms with Crippen molar-refractivity contribution in [3.8, 4) is 5.75 Å². The van der Waals surface area contributed by atoms with Crippen molar-refractivity contribution in [2.24, 2.45) is 10.2 Å². The van der Waals surface area contributed by atoms with Gasteiger partial charge in [-0.2, -0.15) is 0 Å². The highest BCUT2D eigenvalue weighted by molar-refractivity contribution is 6.43. The van der Waals surface area contributed by atoms with Crippen LogP contribution < -0.4 is 15.4 Å². The van der Waals surface area contributed by atoms with Crippen LogP contribution in [0.5, 0.6) is 5.75 Å². The summed E-state index contributed by atoms with van der Waals surface area (Å²) in [6.07, 6.45) is 1.89. The van der Waals surface area contributed by atoms with Gasteiger partial charge in [0, 0.05) is 27.4 Å². The summed E-state index contributed by atoms with van der Waals surface area (Å²) in [5, 5.41) is 13.2. The van der Waals surface area contributed by atoms with E-state index in [-0.39, 0.29) is 55.0 Å². The van der Waals surface area contributed by atoms with Gasteiger partial charge in [-0.25, -0.2) is 0 Å². The Morgan fingerprint density at radius 3 is 2.16 bits per heavy atom. The molecular formula is C34H35Cl3N4O4. The number of rotatable bonds is 11. The van der Waals surface area contributed by atoms with Crippen LogP contribution in [0, 0.1) is 0 Å². The number of ether oxygens (including phenoxy) is 1. The average Bonchev–Trinajstić information content (AvgIpc) is 3.34. The van der Waals surface area contributed by atoms with Crippen molar-refractivity contribution in [1.82, 2.24) is 5.32 Å². The zero-order valence-electron chi connectivity index (χ0n) is 26.0. The standard InChI is InChI=1S/C34H35Cl3N4O4/c1-7-33(3,4)20-12-13-26(23(15-20)34(5,6)8-2)45-18-27(42)38-22-11-9-10-19(14-22)31(43)39-30-29(32(44)41-40-30)28-24(36)16-21(35)17-25(28)37/h9-17H,7-8,18H2,1-6H3,(H,38,42)(H,39,43). The fourth-order valence-corrected chi connectivity index (χ4v) is 5.66. The summed E-state index contributed by atoms with van der Waals surface area (Å²) in [6.45, 7) is 12.8. The van der Waals surface area contributed by atoms with Gasteiger partial charge in [0.05, 0.1) is 15.6 Å². The molecule has 0 unspecified atom stereocenters. The molecule has 3 amide bonds. The number of carbonyl (C=O) groups excluding carboxylic acids is 3. The van der Waals surface area contributed by atoms with Crippen LogP contribution in [0.2, 0.25) is 15.1 Å². The van der Waals surface area contributed by atoms with Crippen LogP contribution in [0.4, 0.5) is 5.69 Å². The molecule has 236 valence electrons. The van der Waals surface area contributed by atoms with Crippen molar-refractivity contribution in [1.29, 1.82) is 0 Å². The largest absolute Gasteiger partial charge is 0.483 e. The lowest BCUT2D eigenvalue weighted by Crippen LogP contribution is -2.25. The van der Waals surface area contributed by atoms with Crippen LogP contribution in [0.1, 0.15) is 81.4 Å². The number of hydrogen-bond donors (Lipinski definition) is 2. The van der Waals surface area contributed by atoms with Crippen molar-refractivity contribution in [3.63, 3.8) is 0 Å². The topological polar surface area (TPSA) is 109 Å². The molecule has 11 heteroatoms. The second-order valence-electron chi connectivity index (χ2n) is 12.0. The van der Waals surface area contributed by atoms with Gasteiger partial charge in [-0.15, -0.1) is 10.2 Å². The van der Waals surface area contributed by atoms with Crippen molar-refractivity contribution >= 4 is 63.8 Å². The molecule has 2 N–H and O–H groups in total. The third-order valence-corrected chi connectivity index (χ3v) is 9.02. The van der Waals surface area contributed by atoms with E-state index in [1.807, 2.05) is 6.07 Å². The molecule has 0 fully saturated rings. The molecule has 4 rings (SSSR count). The van der Waals surface area contributed by atoms with Gasteiger partial charge in [0.1, 0.15) is 5.75 Å². The van der Waals surface area contributed by atoms with Crippen molar-refractivity contribution in [2.75, 3.05) is 11.9 Å². The lowest BCUT2D eigenvalue weighted by atomic mass is 9.76. The number of halogens is 3.